The minimum absolute atomic E-state index is 0.275. The van der Waals surface area contributed by atoms with Crippen LogP contribution < -0.4 is 9.62 Å². The van der Waals surface area contributed by atoms with Crippen LogP contribution in [0.15, 0.2) is 78.9 Å². The summed E-state index contributed by atoms with van der Waals surface area (Å²) in [7, 11) is 0. The average molecular weight is 494 g/mol. The second kappa shape index (κ2) is 12.1. The Labute approximate surface area is 208 Å². The first-order chi connectivity index (χ1) is 17.0. The fourth-order valence-electron chi connectivity index (χ4n) is 4.41. The largest absolute Gasteiger partial charge is 0.755 e. The van der Waals surface area contributed by atoms with Gasteiger partial charge in [0.15, 0.2) is 0 Å². The van der Waals surface area contributed by atoms with Crippen molar-refractivity contribution in [3.8, 4) is 11.1 Å². The van der Waals surface area contributed by atoms with E-state index in [2.05, 4.69) is 11.4 Å². The van der Waals surface area contributed by atoms with Crippen LogP contribution in [-0.2, 0) is 27.3 Å². The van der Waals surface area contributed by atoms with Gasteiger partial charge in [0.2, 0.25) is 0 Å². The Kier molecular flexibility index (Phi) is 8.65. The summed E-state index contributed by atoms with van der Waals surface area (Å²) in [5.41, 5.74) is 3.94. The molecule has 3 aromatic carbocycles. The highest BCUT2D eigenvalue weighted by atomic mass is 32.2. The molecule has 3 atom stereocenters. The van der Waals surface area contributed by atoms with Gasteiger partial charge in [-0.15, -0.1) is 0 Å². The van der Waals surface area contributed by atoms with Gasteiger partial charge in [-0.1, -0.05) is 60.7 Å². The first kappa shape index (κ1) is 25.1. The number of carbonyl (C=O) groups is 1. The van der Waals surface area contributed by atoms with E-state index in [1.54, 1.807) is 42.5 Å². The minimum Gasteiger partial charge on any atom is -0.755 e. The van der Waals surface area contributed by atoms with E-state index in [1.165, 1.54) is 0 Å². The third kappa shape index (κ3) is 6.76. The zero-order valence-corrected chi connectivity index (χ0v) is 20.2. The van der Waals surface area contributed by atoms with E-state index in [0.29, 0.717) is 17.8 Å². The number of rotatable bonds is 11. The van der Waals surface area contributed by atoms with Crippen LogP contribution in [0.25, 0.3) is 11.1 Å². The van der Waals surface area contributed by atoms with Crippen molar-refractivity contribution < 1.29 is 23.4 Å². The number of nitrogens with one attached hydrogen (secondary N) is 1. The summed E-state index contributed by atoms with van der Waals surface area (Å²) >= 11 is -2.68. The highest BCUT2D eigenvalue weighted by molar-refractivity contribution is 7.80. The molecular weight excluding hydrogens is 464 g/mol. The lowest BCUT2D eigenvalue weighted by Gasteiger charge is -2.34. The number of carboxylic acids is 1. The van der Waals surface area contributed by atoms with E-state index >= 15 is 0 Å². The molecule has 35 heavy (non-hydrogen) atoms. The predicted octanol–water partition coefficient (Wildman–Crippen LogP) is 4.44. The number of nitrogens with zero attached hydrogens (tertiary/aromatic N) is 1. The van der Waals surface area contributed by atoms with Gasteiger partial charge in [-0.2, -0.15) is 0 Å². The molecule has 2 N–H and O–H groups in total. The van der Waals surface area contributed by atoms with Crippen molar-refractivity contribution in [3.05, 3.63) is 90.0 Å². The smallest absolute Gasteiger partial charge is 0.305 e. The summed E-state index contributed by atoms with van der Waals surface area (Å²) in [4.78, 5) is 11.6. The lowest BCUT2D eigenvalue weighted by molar-refractivity contribution is -0.137. The molecule has 1 heterocycles. The normalized spacial score (nSPS) is 17.1. The fourth-order valence-corrected chi connectivity index (χ4v) is 5.10. The van der Waals surface area contributed by atoms with Crippen LogP contribution in [-0.4, -0.2) is 39.1 Å². The van der Waals surface area contributed by atoms with Crippen LogP contribution in [0.3, 0.4) is 0 Å². The summed E-state index contributed by atoms with van der Waals surface area (Å²) in [6, 6.07) is 23.2. The quantitative estimate of drug-likeness (QED) is 0.383. The number of anilines is 1. The molecule has 0 spiro atoms. The second-order valence-electron chi connectivity index (χ2n) is 8.58. The van der Waals surface area contributed by atoms with E-state index < -0.39 is 23.3 Å². The molecule has 1 aliphatic heterocycles. The molecule has 3 aromatic rings. The van der Waals surface area contributed by atoms with Gasteiger partial charge in [0.25, 0.3) is 0 Å². The van der Waals surface area contributed by atoms with Gasteiger partial charge in [-0.3, -0.25) is 13.3 Å². The Morgan fingerprint density at radius 1 is 1.09 bits per heavy atom. The van der Waals surface area contributed by atoms with Crippen molar-refractivity contribution in [1.82, 2.24) is 5.32 Å². The molecule has 0 aliphatic carbocycles. The highest BCUT2D eigenvalue weighted by Gasteiger charge is 2.25. The fraction of sp³-hybridized carbons (Fsp3) is 0.296. The summed E-state index contributed by atoms with van der Waals surface area (Å²) < 4.78 is 31.5. The number of benzene rings is 3. The molecule has 4 rings (SSSR count). The molecule has 3 unspecified atom stereocenters. The standard InChI is InChI=1S/C27H30N2O5S/c30-27(31)17-26(21-8-2-1-3-9-21)29(35(32)33)24-12-5-11-23(16-24)22-10-4-7-20(15-22)18-28-19-25-13-6-14-34-25/h1-5,7-12,15-16,25-26,28H,6,13-14,17-19H2,(H,30,31)(H,32,33)/p-1. The van der Waals surface area contributed by atoms with Crippen LogP contribution in [0.4, 0.5) is 5.69 Å². The highest BCUT2D eigenvalue weighted by Crippen LogP contribution is 2.33. The van der Waals surface area contributed by atoms with Crippen molar-refractivity contribution in [2.75, 3.05) is 17.5 Å². The lowest BCUT2D eigenvalue weighted by atomic mass is 10.0. The van der Waals surface area contributed by atoms with Gasteiger partial charge in [0.05, 0.1) is 18.6 Å². The number of ether oxygens (including phenoxy) is 1. The maximum absolute atomic E-state index is 12.3. The molecule has 0 aromatic heterocycles. The zero-order chi connectivity index (χ0) is 24.6. The van der Waals surface area contributed by atoms with Crippen LogP contribution in [0.1, 0.15) is 36.4 Å². The average Bonchev–Trinajstić information content (AvgIpc) is 3.38. The topological polar surface area (TPSA) is 102 Å². The third-order valence-corrected chi connectivity index (χ3v) is 6.87. The Balaban J connectivity index is 1.57. The lowest BCUT2D eigenvalue weighted by Crippen LogP contribution is -2.32. The van der Waals surface area contributed by atoms with E-state index in [-0.39, 0.29) is 12.5 Å². The zero-order valence-electron chi connectivity index (χ0n) is 19.3. The summed E-state index contributed by atoms with van der Waals surface area (Å²) in [6.07, 6.45) is 2.12. The van der Waals surface area contributed by atoms with Crippen molar-refractivity contribution >= 4 is 22.9 Å². The summed E-state index contributed by atoms with van der Waals surface area (Å²) in [5.74, 6) is -1.08. The van der Waals surface area contributed by atoms with Crippen molar-refractivity contribution in [3.63, 3.8) is 0 Å². The maximum Gasteiger partial charge on any atom is 0.305 e. The Morgan fingerprint density at radius 3 is 2.51 bits per heavy atom. The molecule has 1 aliphatic rings. The van der Waals surface area contributed by atoms with Gasteiger partial charge in [-0.25, -0.2) is 0 Å². The molecule has 1 fully saturated rings. The van der Waals surface area contributed by atoms with Crippen molar-refractivity contribution in [2.24, 2.45) is 0 Å². The first-order valence-corrected chi connectivity index (χ1v) is 12.7. The predicted molar refractivity (Wildman–Crippen MR) is 135 cm³/mol. The molecule has 184 valence electrons. The van der Waals surface area contributed by atoms with Crippen molar-refractivity contribution in [2.45, 2.75) is 38.0 Å². The van der Waals surface area contributed by atoms with Gasteiger partial charge in [0.1, 0.15) is 0 Å². The van der Waals surface area contributed by atoms with Crippen LogP contribution in [0.2, 0.25) is 0 Å². The van der Waals surface area contributed by atoms with E-state index in [0.717, 1.165) is 47.0 Å². The monoisotopic (exact) mass is 493 g/mol. The molecule has 7 nitrogen and oxygen atoms in total. The first-order valence-electron chi connectivity index (χ1n) is 11.7. The molecule has 0 saturated carbocycles. The Bertz CT molecular complexity index is 1150. The molecule has 0 amide bonds. The molecular formula is C27H29N2O5S-. The van der Waals surface area contributed by atoms with Crippen LogP contribution in [0, 0.1) is 0 Å². The van der Waals surface area contributed by atoms with Gasteiger partial charge in [0, 0.05) is 36.7 Å². The summed E-state index contributed by atoms with van der Waals surface area (Å²) in [5, 5.41) is 12.9. The summed E-state index contributed by atoms with van der Waals surface area (Å²) in [6.45, 7) is 2.36. The molecule has 0 radical (unpaired) electrons. The van der Waals surface area contributed by atoms with E-state index in [9.17, 15) is 18.7 Å². The third-order valence-electron chi connectivity index (χ3n) is 6.08. The molecule has 1 saturated heterocycles. The second-order valence-corrected chi connectivity index (χ2v) is 9.41. The number of carboxylic acid groups (broad SMARTS) is 1. The Hall–Kier alpha value is -3.04. The molecule has 0 bridgehead atoms. The molecule has 8 heteroatoms. The van der Waals surface area contributed by atoms with Gasteiger partial charge < -0.3 is 19.7 Å². The minimum atomic E-state index is -2.68. The van der Waals surface area contributed by atoms with Gasteiger partial charge in [-0.05, 0) is 53.3 Å². The SMILES string of the molecule is O=C(O)CC(c1ccccc1)N(c1cccc(-c2cccc(CNCC3CCCO3)c2)c1)S(=O)[O-]. The maximum atomic E-state index is 12.3. The van der Waals surface area contributed by atoms with Gasteiger partial charge >= 0.3 is 5.97 Å². The van der Waals surface area contributed by atoms with E-state index in [1.807, 2.05) is 30.3 Å². The number of hydrogen-bond acceptors (Lipinski definition) is 5. The number of hydrogen-bond donors (Lipinski definition) is 2. The van der Waals surface area contributed by atoms with Crippen LogP contribution >= 0.6 is 0 Å². The Morgan fingerprint density at radius 2 is 1.83 bits per heavy atom. The van der Waals surface area contributed by atoms with E-state index in [4.69, 9.17) is 4.74 Å². The van der Waals surface area contributed by atoms with Crippen LogP contribution in [0.5, 0.6) is 0 Å². The number of aliphatic carboxylic acids is 1. The van der Waals surface area contributed by atoms with Crippen molar-refractivity contribution in [1.29, 1.82) is 0 Å².